The predicted octanol–water partition coefficient (Wildman–Crippen LogP) is 3.22. The van der Waals surface area contributed by atoms with Gasteiger partial charge in [-0.2, -0.15) is 0 Å². The summed E-state index contributed by atoms with van der Waals surface area (Å²) in [5, 5.41) is 10.3. The summed E-state index contributed by atoms with van der Waals surface area (Å²) in [6.07, 6.45) is -20.0. The molecule has 0 radical (unpaired) electrons. The maximum atomic E-state index is 12.8. The van der Waals surface area contributed by atoms with Crippen molar-refractivity contribution in [3.8, 4) is 0 Å². The zero-order valence-corrected chi connectivity index (χ0v) is 19.2. The zero-order chi connectivity index (χ0) is 23.7. The van der Waals surface area contributed by atoms with Gasteiger partial charge in [-0.25, -0.2) is 0 Å². The molecule has 1 N–H and O–H groups in total. The number of esters is 2. The predicted molar refractivity (Wildman–Crippen MR) is 101 cm³/mol. The summed E-state index contributed by atoms with van der Waals surface area (Å²) in [6.45, 7) is 3.49. The number of aliphatic hydroxyl groups is 1. The molecule has 5 unspecified atom stereocenters. The molecule has 6 atom stereocenters. The number of carbonyl (C=O) groups is 2. The van der Waals surface area contributed by atoms with Crippen LogP contribution in [0.25, 0.3) is 0 Å². The summed E-state index contributed by atoms with van der Waals surface area (Å²) < 4.78 is 91.1. The molecule has 31 heavy (non-hydrogen) atoms. The number of carbonyl (C=O) groups excluding carboxylic acids is 2. The van der Waals surface area contributed by atoms with Crippen molar-refractivity contribution >= 4 is 31.8 Å². The van der Waals surface area contributed by atoms with E-state index in [-0.39, 0.29) is 12.8 Å². The van der Waals surface area contributed by atoms with Gasteiger partial charge in [-0.05, 0) is 0 Å². The molecule has 0 aromatic rings. The normalized spacial score (nSPS) is 35.5. The van der Waals surface area contributed by atoms with E-state index in [0.29, 0.717) is 0 Å². The number of aliphatic hydroxyl groups excluding tert-OH is 1. The van der Waals surface area contributed by atoms with Gasteiger partial charge in [0, 0.05) is 0 Å². The van der Waals surface area contributed by atoms with E-state index in [1.54, 1.807) is 13.8 Å². The summed E-state index contributed by atoms with van der Waals surface area (Å²) in [5.74, 6) is -3.76. The van der Waals surface area contributed by atoms with Crippen molar-refractivity contribution < 1.29 is 55.2 Å². The first-order valence-corrected chi connectivity index (χ1v) is 14.7. The van der Waals surface area contributed by atoms with Gasteiger partial charge in [0.15, 0.2) is 0 Å². The Morgan fingerprint density at radius 1 is 1.13 bits per heavy atom. The Kier molecular flexibility index (Phi) is 6.09. The average Bonchev–Trinajstić information content (AvgIpc) is 3.19. The topological polar surface area (TPSA) is 82.1 Å². The Morgan fingerprint density at radius 2 is 1.68 bits per heavy atom. The number of hydrogen-bond acceptors (Lipinski definition) is 6. The van der Waals surface area contributed by atoms with Crippen LogP contribution in [0.1, 0.15) is 26.7 Å². The number of rotatable bonds is 5. The third kappa shape index (κ3) is 3.91. The van der Waals surface area contributed by atoms with Crippen molar-refractivity contribution in [1.29, 1.82) is 0 Å². The van der Waals surface area contributed by atoms with Crippen molar-refractivity contribution in [1.82, 2.24) is 0 Å². The fourth-order valence-electron chi connectivity index (χ4n) is 4.56. The maximum absolute atomic E-state index is 12.8. The molecule has 3 fully saturated rings. The second kappa shape index (κ2) is 7.61. The number of alkyl halides is 9. The van der Waals surface area contributed by atoms with Crippen LogP contribution in [0.4, 0.5) is 26.3 Å². The van der Waals surface area contributed by atoms with E-state index >= 15 is 0 Å². The fourth-order valence-corrected chi connectivity index (χ4v) is 5.57. The fraction of sp³-hybridized carbons (Fsp3) is 0.889. The third-order valence-corrected chi connectivity index (χ3v) is 12.4. The van der Waals surface area contributed by atoms with E-state index in [9.17, 15) is 41.0 Å². The molecule has 1 aliphatic heterocycles. The third-order valence-electron chi connectivity index (χ3n) is 6.60. The molecule has 0 spiro atoms. The molecule has 1 saturated heterocycles. The van der Waals surface area contributed by atoms with Crippen LogP contribution >= 0.6 is 19.8 Å². The summed E-state index contributed by atoms with van der Waals surface area (Å²) in [4.78, 5) is 29.1. The molecule has 0 aromatic carbocycles. The van der Waals surface area contributed by atoms with E-state index in [4.69, 9.17) is 9.47 Å². The monoisotopic (exact) mass is 576 g/mol. The second-order valence-corrected chi connectivity index (χ2v) is 15.8. The van der Waals surface area contributed by atoms with Crippen LogP contribution < -0.4 is 0 Å². The van der Waals surface area contributed by atoms with Crippen LogP contribution in [-0.2, 0) is 23.8 Å². The first kappa shape index (κ1) is 24.8. The van der Waals surface area contributed by atoms with E-state index in [1.807, 2.05) is 9.86 Å². The van der Waals surface area contributed by atoms with Crippen LogP contribution in [0.2, 0.25) is 0 Å². The van der Waals surface area contributed by atoms with E-state index in [0.717, 1.165) is 0 Å². The van der Waals surface area contributed by atoms with Crippen molar-refractivity contribution in [2.75, 3.05) is 9.86 Å². The molecule has 0 amide bonds. The van der Waals surface area contributed by atoms with Gasteiger partial charge in [0.1, 0.15) is 0 Å². The molecule has 2 aliphatic carbocycles. The van der Waals surface area contributed by atoms with Crippen LogP contribution in [0.5, 0.6) is 0 Å². The summed E-state index contributed by atoms with van der Waals surface area (Å²) in [6, 6.07) is 0. The van der Waals surface area contributed by atoms with Crippen molar-refractivity contribution in [3.05, 3.63) is 0 Å². The molecule has 13 heteroatoms. The number of halogens is 7. The van der Waals surface area contributed by atoms with Gasteiger partial charge in [0.05, 0.1) is 0 Å². The van der Waals surface area contributed by atoms with Gasteiger partial charge in [-0.15, -0.1) is 0 Å². The first-order chi connectivity index (χ1) is 13.9. The zero-order valence-electron chi connectivity index (χ0n) is 17.0. The Bertz CT molecular complexity index is 739. The molecular formula is C18H23F6IO6. The van der Waals surface area contributed by atoms with Crippen molar-refractivity contribution in [3.63, 3.8) is 0 Å². The van der Waals surface area contributed by atoms with Crippen LogP contribution in [-0.4, -0.2) is 67.3 Å². The van der Waals surface area contributed by atoms with E-state index < -0.39 is 89.4 Å². The number of hydrogen-bond donors (Lipinski definition) is 1. The van der Waals surface area contributed by atoms with Crippen LogP contribution in [0, 0.1) is 17.3 Å². The van der Waals surface area contributed by atoms with Gasteiger partial charge >= 0.3 is 181 Å². The quantitative estimate of drug-likeness (QED) is 0.235. The SMILES string of the molecule is CI(C)C(C)(C)C(=O)OC1C2C[C@@H]3C1OC(O)C3(C(=O)OC(C(F)(F)F)C(F)(F)F)C2. The molecule has 0 aromatic heterocycles. The van der Waals surface area contributed by atoms with Gasteiger partial charge in [-0.3, -0.25) is 0 Å². The number of ether oxygens (including phenoxy) is 3. The number of fused-ring (bicyclic) bond motifs is 1. The minimum absolute atomic E-state index is 0.151. The van der Waals surface area contributed by atoms with Crippen molar-refractivity contribution in [2.24, 2.45) is 17.3 Å². The Hall–Kier alpha value is -0.830. The van der Waals surface area contributed by atoms with Gasteiger partial charge in [-0.1, -0.05) is 0 Å². The van der Waals surface area contributed by atoms with Gasteiger partial charge in [0.25, 0.3) is 0 Å². The summed E-state index contributed by atoms with van der Waals surface area (Å²) >= 11 is -1.66. The average molecular weight is 576 g/mol. The van der Waals surface area contributed by atoms with E-state index in [2.05, 4.69) is 4.74 Å². The summed E-state index contributed by atoms with van der Waals surface area (Å²) in [7, 11) is 0. The molecule has 6 nitrogen and oxygen atoms in total. The molecule has 1 heterocycles. The first-order valence-electron chi connectivity index (χ1n) is 9.33. The Labute approximate surface area is 181 Å². The molecule has 2 saturated carbocycles. The van der Waals surface area contributed by atoms with Gasteiger partial charge in [0.2, 0.25) is 0 Å². The Balaban J connectivity index is 1.80. The van der Waals surface area contributed by atoms with E-state index in [1.165, 1.54) is 0 Å². The van der Waals surface area contributed by atoms with Crippen molar-refractivity contribution in [2.45, 2.75) is 67.1 Å². The van der Waals surface area contributed by atoms with Crippen LogP contribution in [0.3, 0.4) is 0 Å². The second-order valence-electron chi connectivity index (χ2n) is 8.77. The molecule has 180 valence electrons. The van der Waals surface area contributed by atoms with Crippen LogP contribution in [0.15, 0.2) is 0 Å². The molecule has 2 bridgehead atoms. The molecule has 3 rings (SSSR count). The molecular weight excluding hydrogens is 553 g/mol. The van der Waals surface area contributed by atoms with Gasteiger partial charge < -0.3 is 0 Å². The minimum atomic E-state index is -5.86. The standard InChI is InChI=1S/C18H23F6IO6/c1-15(2,25(3)4)12(26)29-9-7-5-8-10(9)30-13(27)16(8,6-7)14(28)31-11(17(19,20)21)18(22,23)24/h7-11,13,27H,5-6H2,1-4H3/t7?,8-,9?,10?,13?,16?/m1/s1. The molecule has 3 aliphatic rings. The Morgan fingerprint density at radius 3 is 2.16 bits per heavy atom. The summed E-state index contributed by atoms with van der Waals surface area (Å²) in [5.41, 5.74) is -2.06.